The van der Waals surface area contributed by atoms with Crippen molar-refractivity contribution < 1.29 is 9.26 Å². The Labute approximate surface area is 202 Å². The zero-order valence-corrected chi connectivity index (χ0v) is 19.6. The normalized spacial score (nSPS) is 13.3. The minimum absolute atomic E-state index is 0.265. The average Bonchev–Trinajstić information content (AvgIpc) is 3.51. The highest BCUT2D eigenvalue weighted by Crippen LogP contribution is 2.39. The molecule has 0 radical (unpaired) electrons. The average molecular weight is 472 g/mol. The fourth-order valence-electron chi connectivity index (χ4n) is 3.63. The molecule has 1 saturated carbocycles. The van der Waals surface area contributed by atoms with Crippen LogP contribution in [-0.2, 0) is 20.2 Å². The lowest BCUT2D eigenvalue weighted by atomic mass is 10.2. The molecule has 0 aromatic carbocycles. The Hall–Kier alpha value is -4.41. The first-order valence-corrected chi connectivity index (χ1v) is 11.2. The highest BCUT2D eigenvalue weighted by atomic mass is 16.5. The lowest BCUT2D eigenvalue weighted by Crippen LogP contribution is -2.14. The summed E-state index contributed by atoms with van der Waals surface area (Å²) in [6.07, 6.45) is 9.39. The molecule has 4 aromatic rings. The fraction of sp³-hybridized carbons (Fsp3) is 0.292. The molecular weight excluding hydrogens is 446 g/mol. The number of nitrogens with zero attached hydrogens (tertiary/aromatic N) is 9. The zero-order valence-electron chi connectivity index (χ0n) is 19.6. The van der Waals surface area contributed by atoms with Gasteiger partial charge in [-0.2, -0.15) is 15.2 Å². The summed E-state index contributed by atoms with van der Waals surface area (Å²) < 4.78 is 13.2. The molecule has 0 spiro atoms. The van der Waals surface area contributed by atoms with E-state index in [-0.39, 0.29) is 6.61 Å². The summed E-state index contributed by atoms with van der Waals surface area (Å²) in [5.74, 6) is 1.95. The van der Waals surface area contributed by atoms with E-state index in [1.165, 1.54) is 18.4 Å². The Balaban J connectivity index is 1.28. The van der Waals surface area contributed by atoms with Gasteiger partial charge in [0.2, 0.25) is 11.7 Å². The molecule has 5 rings (SSSR count). The van der Waals surface area contributed by atoms with Gasteiger partial charge in [-0.15, -0.1) is 0 Å². The van der Waals surface area contributed by atoms with Crippen LogP contribution >= 0.6 is 0 Å². The molecule has 0 N–H and O–H groups in total. The van der Waals surface area contributed by atoms with Crippen molar-refractivity contribution in [3.8, 4) is 28.9 Å². The maximum Gasteiger partial charge on any atom is 0.261 e. The van der Waals surface area contributed by atoms with Gasteiger partial charge < -0.3 is 9.26 Å². The van der Waals surface area contributed by atoms with Crippen LogP contribution in [0.4, 0.5) is 0 Å². The molecule has 1 aliphatic carbocycles. The summed E-state index contributed by atoms with van der Waals surface area (Å²) in [6.45, 7) is 4.30. The Morgan fingerprint density at radius 2 is 2.09 bits per heavy atom. The van der Waals surface area contributed by atoms with Gasteiger partial charge in [0.05, 0.1) is 24.0 Å². The van der Waals surface area contributed by atoms with Crippen molar-refractivity contribution in [2.24, 2.45) is 17.1 Å². The molecule has 0 saturated heterocycles. The van der Waals surface area contributed by atoms with Gasteiger partial charge in [-0.1, -0.05) is 17.3 Å². The highest BCUT2D eigenvalue weighted by Gasteiger charge is 2.24. The molecule has 0 atom stereocenters. The van der Waals surface area contributed by atoms with Gasteiger partial charge in [-0.25, -0.2) is 4.98 Å². The molecule has 0 amide bonds. The second-order valence-electron chi connectivity index (χ2n) is 8.21. The second-order valence-corrected chi connectivity index (χ2v) is 8.21. The van der Waals surface area contributed by atoms with Crippen LogP contribution < -0.4 is 4.74 Å². The first-order valence-electron chi connectivity index (χ1n) is 11.2. The number of aryl methyl sites for hydroxylation is 1. The maximum absolute atomic E-state index is 5.91. The molecule has 1 fully saturated rings. The summed E-state index contributed by atoms with van der Waals surface area (Å²) in [4.78, 5) is 17.4. The van der Waals surface area contributed by atoms with E-state index in [1.807, 2.05) is 31.4 Å². The number of hydrazone groups is 1. The number of aliphatic imine (C=N–C) groups is 1. The largest absolute Gasteiger partial charge is 0.471 e. The van der Waals surface area contributed by atoms with Crippen LogP contribution in [0.3, 0.4) is 0 Å². The van der Waals surface area contributed by atoms with Crippen molar-refractivity contribution in [3.05, 3.63) is 59.7 Å². The Morgan fingerprint density at radius 1 is 1.20 bits per heavy atom. The van der Waals surface area contributed by atoms with E-state index in [1.54, 1.807) is 35.5 Å². The number of hydrogen-bond donors (Lipinski definition) is 0. The summed E-state index contributed by atoms with van der Waals surface area (Å²) >= 11 is 0. The SMILES string of the molecule is C=NN(C=NC)Cc1ccc(-c2noc(-c3cnn(C)c3COc3ccc(C4CC4)cn3)n2)nc1. The standard InChI is InChI=1S/C24H25N9O2/c1-25-15-33(26-2)13-16-4-8-20(27-10-16)23-30-24(35-31-23)19-12-29-32(3)21(19)14-34-22-9-7-18(11-28-22)17-5-6-17/h4,7-12,15,17H,2,5-6,13-14H2,1,3H3. The first-order chi connectivity index (χ1) is 17.1. The first kappa shape index (κ1) is 22.4. The van der Waals surface area contributed by atoms with Gasteiger partial charge in [0.25, 0.3) is 5.89 Å². The predicted octanol–water partition coefficient (Wildman–Crippen LogP) is 3.46. The molecule has 0 bridgehead atoms. The predicted molar refractivity (Wildman–Crippen MR) is 130 cm³/mol. The van der Waals surface area contributed by atoms with Gasteiger partial charge in [0.15, 0.2) is 0 Å². The Bertz CT molecular complexity index is 1320. The molecule has 4 heterocycles. The maximum atomic E-state index is 5.91. The Kier molecular flexibility index (Phi) is 6.29. The lowest BCUT2D eigenvalue weighted by Gasteiger charge is -2.11. The van der Waals surface area contributed by atoms with E-state index >= 15 is 0 Å². The molecule has 178 valence electrons. The van der Waals surface area contributed by atoms with Crippen LogP contribution in [0.25, 0.3) is 23.0 Å². The summed E-state index contributed by atoms with van der Waals surface area (Å²) in [6, 6.07) is 7.74. The van der Waals surface area contributed by atoms with Crippen LogP contribution in [0.1, 0.15) is 35.6 Å². The van der Waals surface area contributed by atoms with Crippen molar-refractivity contribution in [1.29, 1.82) is 0 Å². The molecule has 0 aliphatic heterocycles. The minimum Gasteiger partial charge on any atom is -0.471 e. The van der Waals surface area contributed by atoms with Gasteiger partial charge in [-0.05, 0) is 36.0 Å². The zero-order chi connectivity index (χ0) is 24.2. The van der Waals surface area contributed by atoms with Crippen LogP contribution in [0.2, 0.25) is 0 Å². The third-order valence-corrected chi connectivity index (χ3v) is 5.71. The molecule has 0 unspecified atom stereocenters. The van der Waals surface area contributed by atoms with E-state index in [0.717, 1.165) is 11.3 Å². The molecule has 11 nitrogen and oxygen atoms in total. The summed E-state index contributed by atoms with van der Waals surface area (Å²) in [7, 11) is 3.52. The fourth-order valence-corrected chi connectivity index (χ4v) is 3.63. The van der Waals surface area contributed by atoms with Crippen LogP contribution in [0.5, 0.6) is 5.88 Å². The van der Waals surface area contributed by atoms with Crippen LogP contribution in [0.15, 0.2) is 57.5 Å². The molecule has 1 aliphatic rings. The minimum atomic E-state index is 0.265. The van der Waals surface area contributed by atoms with Crippen molar-refractivity contribution in [2.75, 3.05) is 7.05 Å². The molecule has 4 aromatic heterocycles. The molecule has 11 heteroatoms. The monoisotopic (exact) mass is 471 g/mol. The van der Waals surface area contributed by atoms with Crippen molar-refractivity contribution in [3.63, 3.8) is 0 Å². The van der Waals surface area contributed by atoms with Gasteiger partial charge in [0.1, 0.15) is 18.6 Å². The number of rotatable bonds is 10. The Morgan fingerprint density at radius 3 is 2.77 bits per heavy atom. The summed E-state index contributed by atoms with van der Waals surface area (Å²) in [5, 5.41) is 13.9. The van der Waals surface area contributed by atoms with E-state index in [9.17, 15) is 0 Å². The number of pyridine rings is 2. The molecule has 35 heavy (non-hydrogen) atoms. The van der Waals surface area contributed by atoms with Crippen molar-refractivity contribution in [2.45, 2.75) is 31.9 Å². The second kappa shape index (κ2) is 9.84. The van der Waals surface area contributed by atoms with Gasteiger partial charge in [-0.3, -0.25) is 19.7 Å². The van der Waals surface area contributed by atoms with E-state index in [0.29, 0.717) is 41.3 Å². The number of ether oxygens (including phenoxy) is 1. The van der Waals surface area contributed by atoms with E-state index in [2.05, 4.69) is 48.1 Å². The summed E-state index contributed by atoms with van der Waals surface area (Å²) in [5.41, 5.74) is 4.29. The lowest BCUT2D eigenvalue weighted by molar-refractivity contribution is 0.283. The number of aromatic nitrogens is 6. The highest BCUT2D eigenvalue weighted by molar-refractivity contribution is 5.59. The third-order valence-electron chi connectivity index (χ3n) is 5.71. The third kappa shape index (κ3) is 5.08. The van der Waals surface area contributed by atoms with E-state index < -0.39 is 0 Å². The van der Waals surface area contributed by atoms with Crippen molar-refractivity contribution in [1.82, 2.24) is 34.9 Å². The topological polar surface area (TPSA) is 120 Å². The smallest absolute Gasteiger partial charge is 0.261 e. The van der Waals surface area contributed by atoms with Crippen molar-refractivity contribution >= 4 is 13.1 Å². The van der Waals surface area contributed by atoms with Crippen LogP contribution in [-0.4, -0.2) is 55.0 Å². The quantitative estimate of drug-likeness (QED) is 0.196. The molecular formula is C24H25N9O2. The van der Waals surface area contributed by atoms with Crippen LogP contribution in [0, 0.1) is 0 Å². The van der Waals surface area contributed by atoms with Gasteiger partial charge >= 0.3 is 0 Å². The van der Waals surface area contributed by atoms with Gasteiger partial charge in [0, 0.05) is 39.3 Å². The number of hydrogen-bond acceptors (Lipinski definition) is 9. The van der Waals surface area contributed by atoms with E-state index in [4.69, 9.17) is 9.26 Å².